The van der Waals surface area contributed by atoms with Gasteiger partial charge in [0.2, 0.25) is 0 Å². The van der Waals surface area contributed by atoms with Crippen molar-refractivity contribution in [3.8, 4) is 17.2 Å². The molecule has 0 spiro atoms. The van der Waals surface area contributed by atoms with Crippen molar-refractivity contribution in [2.45, 2.75) is 26.1 Å². The van der Waals surface area contributed by atoms with E-state index >= 15 is 0 Å². The lowest BCUT2D eigenvalue weighted by atomic mass is 9.94. The highest BCUT2D eigenvalue weighted by molar-refractivity contribution is 5.95. The van der Waals surface area contributed by atoms with Crippen molar-refractivity contribution >= 4 is 11.3 Å². The molecular formula is C24H28N4O3. The van der Waals surface area contributed by atoms with Crippen molar-refractivity contribution in [2.24, 2.45) is 4.99 Å². The third-order valence-electron chi connectivity index (χ3n) is 5.52. The van der Waals surface area contributed by atoms with E-state index in [4.69, 9.17) is 19.2 Å². The maximum atomic E-state index is 5.55. The minimum Gasteiger partial charge on any atom is -0.497 e. The number of nitrogens with one attached hydrogen (secondary N) is 2. The van der Waals surface area contributed by atoms with E-state index in [-0.39, 0.29) is 0 Å². The van der Waals surface area contributed by atoms with Gasteiger partial charge in [-0.1, -0.05) is 18.2 Å². The van der Waals surface area contributed by atoms with E-state index < -0.39 is 5.66 Å². The number of benzene rings is 2. The minimum absolute atomic E-state index is 0.562. The molecule has 2 aromatic carbocycles. The van der Waals surface area contributed by atoms with Crippen LogP contribution in [0.5, 0.6) is 17.2 Å². The van der Waals surface area contributed by atoms with Crippen LogP contribution in [0.1, 0.15) is 25.0 Å². The number of hydrogen-bond acceptors (Lipinski definition) is 7. The summed E-state index contributed by atoms with van der Waals surface area (Å²) in [5, 5.41) is 5.63. The average Bonchev–Trinajstić information content (AvgIpc) is 3.09. The molecule has 0 saturated carbocycles. The van der Waals surface area contributed by atoms with Crippen molar-refractivity contribution in [1.29, 1.82) is 0 Å². The van der Waals surface area contributed by atoms with E-state index in [1.54, 1.807) is 21.3 Å². The Labute approximate surface area is 183 Å². The third kappa shape index (κ3) is 4.02. The van der Waals surface area contributed by atoms with Crippen LogP contribution in [0.15, 0.2) is 65.6 Å². The lowest BCUT2D eigenvalue weighted by Gasteiger charge is -2.31. The van der Waals surface area contributed by atoms with Gasteiger partial charge in [0.25, 0.3) is 0 Å². The molecule has 162 valence electrons. The fourth-order valence-electron chi connectivity index (χ4n) is 3.86. The quantitative estimate of drug-likeness (QED) is 0.712. The van der Waals surface area contributed by atoms with Gasteiger partial charge in [-0.2, -0.15) is 0 Å². The van der Waals surface area contributed by atoms with Gasteiger partial charge >= 0.3 is 0 Å². The van der Waals surface area contributed by atoms with E-state index in [9.17, 15) is 0 Å². The summed E-state index contributed by atoms with van der Waals surface area (Å²) >= 11 is 0. The number of methoxy groups -OCH3 is 3. The fraction of sp³-hybridized carbons (Fsp3) is 0.292. The summed E-state index contributed by atoms with van der Waals surface area (Å²) in [4.78, 5) is 4.82. The molecule has 2 aromatic rings. The van der Waals surface area contributed by atoms with Crippen molar-refractivity contribution in [3.05, 3.63) is 71.7 Å². The molecule has 2 aliphatic heterocycles. The molecule has 0 aromatic heterocycles. The molecule has 0 fully saturated rings. The molecule has 0 bridgehead atoms. The Morgan fingerprint density at radius 1 is 1.00 bits per heavy atom. The molecule has 0 saturated heterocycles. The zero-order valence-electron chi connectivity index (χ0n) is 18.5. The van der Waals surface area contributed by atoms with Crippen LogP contribution >= 0.6 is 0 Å². The van der Waals surface area contributed by atoms with Crippen molar-refractivity contribution in [2.75, 3.05) is 21.3 Å². The number of nitrogens with zero attached hydrogens (tertiary/aromatic N) is 2. The summed E-state index contributed by atoms with van der Waals surface area (Å²) in [5.74, 6) is 3.07. The van der Waals surface area contributed by atoms with E-state index in [0.29, 0.717) is 18.0 Å². The van der Waals surface area contributed by atoms with Gasteiger partial charge in [-0.3, -0.25) is 10.3 Å². The van der Waals surface area contributed by atoms with Crippen molar-refractivity contribution < 1.29 is 14.2 Å². The van der Waals surface area contributed by atoms with Crippen molar-refractivity contribution in [1.82, 2.24) is 15.8 Å². The number of aliphatic imine (C=N–C) groups is 1. The molecule has 7 heteroatoms. The fourth-order valence-corrected chi connectivity index (χ4v) is 3.86. The van der Waals surface area contributed by atoms with Crippen LogP contribution in [0.2, 0.25) is 0 Å². The summed E-state index contributed by atoms with van der Waals surface area (Å²) in [6, 6.07) is 14.0. The Bertz CT molecular complexity index is 1060. The first-order chi connectivity index (χ1) is 15.0. The molecule has 4 rings (SSSR count). The minimum atomic E-state index is -0.562. The molecule has 0 aliphatic carbocycles. The predicted octanol–water partition coefficient (Wildman–Crippen LogP) is 3.70. The standard InChI is InChI=1S/C24H28N4O3/c1-16-12-13-28-23(26-16)22(18-8-11-20(30-4)21(14-18)31-5)24(2,27-28)25-15-17-6-9-19(29-3)10-7-17/h6-14,25,27H,15H2,1-5H3. The molecule has 31 heavy (non-hydrogen) atoms. The lowest BCUT2D eigenvalue weighted by Crippen LogP contribution is -2.54. The zero-order chi connectivity index (χ0) is 22.0. The van der Waals surface area contributed by atoms with E-state index in [0.717, 1.165) is 34.0 Å². The van der Waals surface area contributed by atoms with Crippen LogP contribution in [-0.4, -0.2) is 37.7 Å². The number of allylic oxidation sites excluding steroid dienone is 1. The normalized spacial score (nSPS) is 19.9. The molecule has 1 atom stereocenters. The molecule has 2 aliphatic rings. The second-order valence-corrected chi connectivity index (χ2v) is 7.65. The SMILES string of the molecule is COc1ccc(CNC2(C)NN3C=CC(C)=NC3=C2c2ccc(OC)c(OC)c2)cc1. The largest absolute Gasteiger partial charge is 0.497 e. The molecular weight excluding hydrogens is 392 g/mol. The van der Waals surface area contributed by atoms with Gasteiger partial charge in [0.05, 0.1) is 21.3 Å². The first-order valence-corrected chi connectivity index (χ1v) is 10.1. The van der Waals surface area contributed by atoms with Crippen LogP contribution in [0.4, 0.5) is 0 Å². The lowest BCUT2D eigenvalue weighted by molar-refractivity contribution is 0.244. The number of ether oxygens (including phenoxy) is 3. The predicted molar refractivity (Wildman–Crippen MR) is 122 cm³/mol. The van der Waals surface area contributed by atoms with Crippen molar-refractivity contribution in [3.63, 3.8) is 0 Å². The second kappa shape index (κ2) is 8.45. The van der Waals surface area contributed by atoms with Crippen LogP contribution in [-0.2, 0) is 6.54 Å². The number of hydrazine groups is 1. The Morgan fingerprint density at radius 2 is 1.74 bits per heavy atom. The summed E-state index contributed by atoms with van der Waals surface area (Å²) < 4.78 is 16.2. The highest BCUT2D eigenvalue weighted by Gasteiger charge is 2.42. The summed E-state index contributed by atoms with van der Waals surface area (Å²) in [5.41, 5.74) is 7.13. The Kier molecular flexibility index (Phi) is 5.71. The monoisotopic (exact) mass is 420 g/mol. The van der Waals surface area contributed by atoms with Gasteiger partial charge in [0.15, 0.2) is 17.3 Å². The maximum Gasteiger partial charge on any atom is 0.161 e. The van der Waals surface area contributed by atoms with Gasteiger partial charge in [-0.15, -0.1) is 0 Å². The topological polar surface area (TPSA) is 67.4 Å². The van der Waals surface area contributed by atoms with E-state index in [1.165, 1.54) is 0 Å². The van der Waals surface area contributed by atoms with Gasteiger partial charge < -0.3 is 14.2 Å². The molecule has 2 heterocycles. The number of rotatable bonds is 7. The Balaban J connectivity index is 1.72. The van der Waals surface area contributed by atoms with Gasteiger partial charge in [-0.05, 0) is 55.3 Å². The summed E-state index contributed by atoms with van der Waals surface area (Å²) in [6.45, 7) is 4.78. The first kappa shape index (κ1) is 21.0. The first-order valence-electron chi connectivity index (χ1n) is 10.1. The molecule has 0 amide bonds. The molecule has 2 N–H and O–H groups in total. The highest BCUT2D eigenvalue weighted by atomic mass is 16.5. The highest BCUT2D eigenvalue weighted by Crippen LogP contribution is 2.40. The Hall–Kier alpha value is -3.29. The second-order valence-electron chi connectivity index (χ2n) is 7.65. The summed E-state index contributed by atoms with van der Waals surface area (Å²) in [7, 11) is 4.95. The number of hydrogen-bond donors (Lipinski definition) is 2. The maximum absolute atomic E-state index is 5.55. The number of fused-ring (bicyclic) bond motifs is 1. The van der Waals surface area contributed by atoms with Gasteiger partial charge in [-0.25, -0.2) is 10.4 Å². The molecule has 1 unspecified atom stereocenters. The molecule has 7 nitrogen and oxygen atoms in total. The smallest absolute Gasteiger partial charge is 0.161 e. The van der Waals surface area contributed by atoms with Crippen LogP contribution in [0.3, 0.4) is 0 Å². The van der Waals surface area contributed by atoms with Crippen LogP contribution in [0, 0.1) is 0 Å². The third-order valence-corrected chi connectivity index (χ3v) is 5.52. The van der Waals surface area contributed by atoms with Gasteiger partial charge in [0, 0.05) is 24.0 Å². The Morgan fingerprint density at radius 3 is 2.42 bits per heavy atom. The summed E-state index contributed by atoms with van der Waals surface area (Å²) in [6.07, 6.45) is 3.98. The average molecular weight is 421 g/mol. The van der Waals surface area contributed by atoms with Crippen LogP contribution < -0.4 is 25.0 Å². The van der Waals surface area contributed by atoms with Gasteiger partial charge in [0.1, 0.15) is 11.4 Å². The molecule has 0 radical (unpaired) electrons. The van der Waals surface area contributed by atoms with Crippen LogP contribution in [0.25, 0.3) is 5.57 Å². The van der Waals surface area contributed by atoms with E-state index in [1.807, 2.05) is 54.5 Å². The van der Waals surface area contributed by atoms with E-state index in [2.05, 4.69) is 29.8 Å². The zero-order valence-corrected chi connectivity index (χ0v) is 18.5.